The number of hydrogen-bond acceptors (Lipinski definition) is 6. The van der Waals surface area contributed by atoms with Crippen LogP contribution in [0.3, 0.4) is 0 Å². The number of piperazine rings is 1. The van der Waals surface area contributed by atoms with E-state index in [1.165, 1.54) is 12.5 Å². The molecule has 0 aromatic carbocycles. The quantitative estimate of drug-likeness (QED) is 0.670. The molecule has 29 heavy (non-hydrogen) atoms. The van der Waals surface area contributed by atoms with Gasteiger partial charge in [0, 0.05) is 49.8 Å². The molecule has 0 spiro atoms. The normalized spacial score (nSPS) is 15.1. The average Bonchev–Trinajstić information content (AvgIpc) is 3.06. The van der Waals surface area contributed by atoms with E-state index in [0.717, 1.165) is 23.3 Å². The van der Waals surface area contributed by atoms with E-state index in [1.807, 2.05) is 30.9 Å². The van der Waals surface area contributed by atoms with Crippen LogP contribution in [0, 0.1) is 13.8 Å². The highest BCUT2D eigenvalue weighted by atomic mass is 19.4. The van der Waals surface area contributed by atoms with Gasteiger partial charge in [-0.15, -0.1) is 0 Å². The van der Waals surface area contributed by atoms with Crippen molar-refractivity contribution in [1.82, 2.24) is 24.7 Å². The summed E-state index contributed by atoms with van der Waals surface area (Å²) < 4.78 is 40.5. The SMILES string of the molecule is Cc1cc(C)n(-c2cc(N3CCN(c4ccnc(C(F)(F)F)c4)CC3)ncn2)n1. The van der Waals surface area contributed by atoms with Crippen molar-refractivity contribution in [3.8, 4) is 5.82 Å². The van der Waals surface area contributed by atoms with Gasteiger partial charge in [-0.05, 0) is 32.0 Å². The first-order valence-corrected chi connectivity index (χ1v) is 9.20. The fourth-order valence-corrected chi connectivity index (χ4v) is 3.45. The number of aryl methyl sites for hydroxylation is 2. The molecule has 0 N–H and O–H groups in total. The Morgan fingerprint density at radius 3 is 2.21 bits per heavy atom. The molecule has 7 nitrogen and oxygen atoms in total. The topological polar surface area (TPSA) is 63.0 Å². The highest BCUT2D eigenvalue weighted by molar-refractivity contribution is 5.51. The number of rotatable bonds is 3. The van der Waals surface area contributed by atoms with Gasteiger partial charge >= 0.3 is 6.18 Å². The maximum atomic E-state index is 12.9. The van der Waals surface area contributed by atoms with E-state index in [2.05, 4.69) is 25.0 Å². The molecule has 0 atom stereocenters. The summed E-state index contributed by atoms with van der Waals surface area (Å²) in [5.41, 5.74) is 1.54. The van der Waals surface area contributed by atoms with Crippen molar-refractivity contribution < 1.29 is 13.2 Å². The van der Waals surface area contributed by atoms with Crippen LogP contribution in [0.25, 0.3) is 5.82 Å². The molecule has 0 aliphatic carbocycles. The second kappa shape index (κ2) is 7.34. The Labute approximate surface area is 165 Å². The Kier molecular flexibility index (Phi) is 4.85. The van der Waals surface area contributed by atoms with E-state index in [-0.39, 0.29) is 0 Å². The first-order valence-electron chi connectivity index (χ1n) is 9.20. The predicted octanol–water partition coefficient (Wildman–Crippen LogP) is 3.02. The molecule has 0 amide bonds. The van der Waals surface area contributed by atoms with Crippen molar-refractivity contribution in [2.24, 2.45) is 0 Å². The van der Waals surface area contributed by atoms with Crippen molar-refractivity contribution in [1.29, 1.82) is 0 Å². The summed E-state index contributed by atoms with van der Waals surface area (Å²) in [6.45, 7) is 6.33. The Hall–Kier alpha value is -3.17. The van der Waals surface area contributed by atoms with Gasteiger partial charge in [-0.3, -0.25) is 4.98 Å². The summed E-state index contributed by atoms with van der Waals surface area (Å²) >= 11 is 0. The molecule has 1 saturated heterocycles. The van der Waals surface area contributed by atoms with Gasteiger partial charge in [0.15, 0.2) is 5.82 Å². The fourth-order valence-electron chi connectivity index (χ4n) is 3.45. The lowest BCUT2D eigenvalue weighted by Gasteiger charge is -2.36. The summed E-state index contributed by atoms with van der Waals surface area (Å²) in [4.78, 5) is 16.1. The molecular weight excluding hydrogens is 383 g/mol. The van der Waals surface area contributed by atoms with E-state index in [9.17, 15) is 13.2 Å². The Bertz CT molecular complexity index is 1010. The third-order valence-corrected chi connectivity index (χ3v) is 4.87. The summed E-state index contributed by atoms with van der Waals surface area (Å²) in [7, 11) is 0. The molecule has 1 aliphatic heterocycles. The average molecular weight is 403 g/mol. The third kappa shape index (κ3) is 4.01. The van der Waals surface area contributed by atoms with Gasteiger partial charge in [-0.25, -0.2) is 14.6 Å². The second-order valence-corrected chi connectivity index (χ2v) is 6.94. The third-order valence-electron chi connectivity index (χ3n) is 4.87. The summed E-state index contributed by atoms with van der Waals surface area (Å²) in [5.74, 6) is 1.46. The lowest BCUT2D eigenvalue weighted by molar-refractivity contribution is -0.141. The van der Waals surface area contributed by atoms with Crippen LogP contribution in [0.4, 0.5) is 24.7 Å². The van der Waals surface area contributed by atoms with Crippen LogP contribution in [0.5, 0.6) is 0 Å². The lowest BCUT2D eigenvalue weighted by atomic mass is 10.2. The van der Waals surface area contributed by atoms with Crippen LogP contribution in [0.1, 0.15) is 17.1 Å². The maximum absolute atomic E-state index is 12.9. The second-order valence-electron chi connectivity index (χ2n) is 6.94. The highest BCUT2D eigenvalue weighted by Gasteiger charge is 2.33. The van der Waals surface area contributed by atoms with Crippen molar-refractivity contribution in [2.75, 3.05) is 36.0 Å². The fraction of sp³-hybridized carbons (Fsp3) is 0.368. The van der Waals surface area contributed by atoms with Gasteiger partial charge in [0.05, 0.1) is 5.69 Å². The Morgan fingerprint density at radius 1 is 0.862 bits per heavy atom. The zero-order valence-electron chi connectivity index (χ0n) is 16.1. The van der Waals surface area contributed by atoms with Crippen molar-refractivity contribution in [3.05, 3.63) is 53.9 Å². The van der Waals surface area contributed by atoms with Crippen LogP contribution >= 0.6 is 0 Å². The molecule has 152 valence electrons. The summed E-state index contributed by atoms with van der Waals surface area (Å²) in [6, 6.07) is 6.56. The minimum absolute atomic E-state index is 0.526. The van der Waals surface area contributed by atoms with E-state index < -0.39 is 11.9 Å². The van der Waals surface area contributed by atoms with Gasteiger partial charge in [-0.2, -0.15) is 18.3 Å². The van der Waals surface area contributed by atoms with Crippen molar-refractivity contribution in [3.63, 3.8) is 0 Å². The van der Waals surface area contributed by atoms with E-state index in [4.69, 9.17) is 0 Å². The molecule has 0 radical (unpaired) electrons. The smallest absolute Gasteiger partial charge is 0.368 e. The minimum atomic E-state index is -4.45. The molecule has 0 bridgehead atoms. The lowest BCUT2D eigenvalue weighted by Crippen LogP contribution is -2.47. The molecule has 1 aliphatic rings. The van der Waals surface area contributed by atoms with E-state index in [0.29, 0.717) is 37.7 Å². The van der Waals surface area contributed by atoms with Crippen LogP contribution < -0.4 is 9.80 Å². The molecule has 4 rings (SSSR count). The van der Waals surface area contributed by atoms with E-state index >= 15 is 0 Å². The molecule has 0 unspecified atom stereocenters. The zero-order valence-corrected chi connectivity index (χ0v) is 16.1. The van der Waals surface area contributed by atoms with Crippen molar-refractivity contribution in [2.45, 2.75) is 20.0 Å². The van der Waals surface area contributed by atoms with Gasteiger partial charge in [0.25, 0.3) is 0 Å². The number of anilines is 2. The Morgan fingerprint density at radius 2 is 1.55 bits per heavy atom. The standard InChI is InChI=1S/C19H20F3N7/c1-13-9-14(2)29(26-13)18-11-17(24-12-25-18)28-7-5-27(6-8-28)15-3-4-23-16(10-15)19(20,21)22/h3-4,9-12H,5-8H2,1-2H3. The van der Waals surface area contributed by atoms with Gasteiger partial charge in [0.1, 0.15) is 17.8 Å². The minimum Gasteiger partial charge on any atom is -0.368 e. The van der Waals surface area contributed by atoms with Crippen LogP contribution in [0.2, 0.25) is 0 Å². The van der Waals surface area contributed by atoms with Crippen LogP contribution in [-0.4, -0.2) is 50.9 Å². The highest BCUT2D eigenvalue weighted by Crippen LogP contribution is 2.30. The molecule has 1 fully saturated rings. The number of pyridine rings is 1. The number of nitrogens with zero attached hydrogens (tertiary/aromatic N) is 7. The number of halogens is 3. The molecular formula is C19H20F3N7. The van der Waals surface area contributed by atoms with Gasteiger partial charge < -0.3 is 9.80 Å². The molecule has 3 aromatic heterocycles. The molecule has 4 heterocycles. The monoisotopic (exact) mass is 403 g/mol. The van der Waals surface area contributed by atoms with E-state index in [1.54, 1.807) is 10.7 Å². The van der Waals surface area contributed by atoms with Gasteiger partial charge in [-0.1, -0.05) is 0 Å². The zero-order chi connectivity index (χ0) is 20.6. The van der Waals surface area contributed by atoms with Crippen LogP contribution in [0.15, 0.2) is 36.8 Å². The Balaban J connectivity index is 1.48. The van der Waals surface area contributed by atoms with Gasteiger partial charge in [0.2, 0.25) is 0 Å². The maximum Gasteiger partial charge on any atom is 0.433 e. The number of alkyl halides is 3. The predicted molar refractivity (Wildman–Crippen MR) is 102 cm³/mol. The number of hydrogen-bond donors (Lipinski definition) is 0. The summed E-state index contributed by atoms with van der Waals surface area (Å²) in [6.07, 6.45) is -1.74. The largest absolute Gasteiger partial charge is 0.433 e. The first kappa shape index (κ1) is 19.2. The van der Waals surface area contributed by atoms with Crippen LogP contribution in [-0.2, 0) is 6.18 Å². The van der Waals surface area contributed by atoms with Crippen molar-refractivity contribution >= 4 is 11.5 Å². The molecule has 0 saturated carbocycles. The molecule has 10 heteroatoms. The number of aromatic nitrogens is 5. The summed E-state index contributed by atoms with van der Waals surface area (Å²) in [5, 5.41) is 4.45. The first-order chi connectivity index (χ1) is 13.8. The molecule has 3 aromatic rings.